The first kappa shape index (κ1) is 16.2. The van der Waals surface area contributed by atoms with Crippen molar-refractivity contribution in [3.63, 3.8) is 0 Å². The van der Waals surface area contributed by atoms with Gasteiger partial charge in [0.15, 0.2) is 0 Å². The first-order chi connectivity index (χ1) is 11.5. The summed E-state index contributed by atoms with van der Waals surface area (Å²) in [5.41, 5.74) is 5.59. The van der Waals surface area contributed by atoms with E-state index in [1.54, 1.807) is 12.6 Å². The number of benzene rings is 1. The van der Waals surface area contributed by atoms with Crippen LogP contribution in [0.1, 0.15) is 78.9 Å². The zero-order valence-corrected chi connectivity index (χ0v) is 15.6. The van der Waals surface area contributed by atoms with Gasteiger partial charge in [0, 0.05) is 12.6 Å². The fraction of sp³-hybridized carbons (Fsp3) is 0.682. The summed E-state index contributed by atoms with van der Waals surface area (Å²) in [6.07, 6.45) is 8.06. The molecule has 2 heteroatoms. The average Bonchev–Trinajstić information content (AvgIpc) is 2.89. The van der Waals surface area contributed by atoms with E-state index in [9.17, 15) is 4.79 Å². The van der Waals surface area contributed by atoms with E-state index in [2.05, 4.69) is 38.2 Å². The van der Waals surface area contributed by atoms with E-state index in [0.29, 0.717) is 5.41 Å². The minimum Gasteiger partial charge on any atom is -0.355 e. The van der Waals surface area contributed by atoms with Crippen molar-refractivity contribution in [2.75, 3.05) is 7.05 Å². The van der Waals surface area contributed by atoms with E-state index in [0.717, 1.165) is 41.2 Å². The summed E-state index contributed by atoms with van der Waals surface area (Å²) >= 11 is 0. The molecule has 0 aromatic heterocycles. The van der Waals surface area contributed by atoms with E-state index >= 15 is 0 Å². The van der Waals surface area contributed by atoms with E-state index in [1.165, 1.54) is 37.7 Å². The van der Waals surface area contributed by atoms with Gasteiger partial charge in [-0.3, -0.25) is 4.79 Å². The second-order valence-corrected chi connectivity index (χ2v) is 8.88. The van der Waals surface area contributed by atoms with Gasteiger partial charge in [0.05, 0.1) is 0 Å². The highest BCUT2D eigenvalue weighted by Crippen LogP contribution is 2.62. The zero-order chi connectivity index (χ0) is 17.1. The molecule has 2 saturated carbocycles. The molecule has 0 aliphatic heterocycles. The highest BCUT2D eigenvalue weighted by molar-refractivity contribution is 5.95. The lowest BCUT2D eigenvalue weighted by atomic mass is 9.54. The molecule has 0 bridgehead atoms. The molecule has 4 rings (SSSR count). The predicted molar refractivity (Wildman–Crippen MR) is 98.4 cm³/mol. The van der Waals surface area contributed by atoms with Crippen molar-refractivity contribution >= 4 is 5.91 Å². The van der Waals surface area contributed by atoms with Crippen molar-refractivity contribution in [1.82, 2.24) is 5.32 Å². The smallest absolute Gasteiger partial charge is 0.251 e. The molecule has 3 aliphatic carbocycles. The standard InChI is InChI=1S/C22H31NO/c1-13-11-19-15(12-18(13)21(24)23-4)6-7-17-16(19)9-10-22(3)14(2)5-8-20(17)22/h11-12,14,16-17,20H,5-10H2,1-4H3,(H,23,24). The molecule has 1 N–H and O–H groups in total. The number of rotatable bonds is 1. The highest BCUT2D eigenvalue weighted by atomic mass is 16.1. The molecule has 1 amide bonds. The number of aryl methyl sites for hydroxylation is 2. The molecule has 130 valence electrons. The van der Waals surface area contributed by atoms with Gasteiger partial charge >= 0.3 is 0 Å². The van der Waals surface area contributed by atoms with Crippen molar-refractivity contribution in [3.8, 4) is 0 Å². The van der Waals surface area contributed by atoms with Gasteiger partial charge in [-0.25, -0.2) is 0 Å². The lowest BCUT2D eigenvalue weighted by molar-refractivity contribution is 0.0336. The van der Waals surface area contributed by atoms with Gasteiger partial charge in [0.2, 0.25) is 0 Å². The molecule has 2 fully saturated rings. The topological polar surface area (TPSA) is 29.1 Å². The zero-order valence-electron chi connectivity index (χ0n) is 15.6. The largest absolute Gasteiger partial charge is 0.355 e. The molecule has 24 heavy (non-hydrogen) atoms. The third kappa shape index (κ3) is 2.18. The van der Waals surface area contributed by atoms with Crippen LogP contribution in [0.5, 0.6) is 0 Å². The monoisotopic (exact) mass is 325 g/mol. The molecule has 1 aromatic rings. The number of carbonyl (C=O) groups excluding carboxylic acids is 1. The van der Waals surface area contributed by atoms with Crippen molar-refractivity contribution in [2.45, 2.75) is 65.2 Å². The molecule has 0 spiro atoms. The van der Waals surface area contributed by atoms with Gasteiger partial charge in [0.1, 0.15) is 0 Å². The lowest BCUT2D eigenvalue weighted by Crippen LogP contribution is -2.41. The van der Waals surface area contributed by atoms with Gasteiger partial charge < -0.3 is 5.32 Å². The fourth-order valence-electron chi connectivity index (χ4n) is 6.38. The predicted octanol–water partition coefficient (Wildman–Crippen LogP) is 4.85. The Kier molecular flexibility index (Phi) is 3.78. The molecule has 2 nitrogen and oxygen atoms in total. The molecule has 0 saturated heterocycles. The maximum Gasteiger partial charge on any atom is 0.251 e. The minimum atomic E-state index is 0.0539. The van der Waals surface area contributed by atoms with Gasteiger partial charge in [-0.2, -0.15) is 0 Å². The molecular weight excluding hydrogens is 294 g/mol. The molecule has 5 unspecified atom stereocenters. The summed E-state index contributed by atoms with van der Waals surface area (Å²) in [5, 5.41) is 2.79. The lowest BCUT2D eigenvalue weighted by Gasteiger charge is -2.50. The van der Waals surface area contributed by atoms with Crippen molar-refractivity contribution in [3.05, 3.63) is 34.4 Å². The van der Waals surface area contributed by atoms with Crippen LogP contribution in [0.2, 0.25) is 0 Å². The van der Waals surface area contributed by atoms with Gasteiger partial charge in [-0.15, -0.1) is 0 Å². The summed E-state index contributed by atoms with van der Waals surface area (Å²) < 4.78 is 0. The maximum atomic E-state index is 12.1. The number of hydrogen-bond donors (Lipinski definition) is 1. The Morgan fingerprint density at radius 3 is 2.75 bits per heavy atom. The third-order valence-electron chi connectivity index (χ3n) is 8.02. The molecule has 0 heterocycles. The Hall–Kier alpha value is -1.31. The van der Waals surface area contributed by atoms with Crippen LogP contribution >= 0.6 is 0 Å². The fourth-order valence-corrected chi connectivity index (χ4v) is 6.38. The van der Waals surface area contributed by atoms with E-state index in [4.69, 9.17) is 0 Å². The van der Waals surface area contributed by atoms with Crippen LogP contribution in [-0.4, -0.2) is 13.0 Å². The summed E-state index contributed by atoms with van der Waals surface area (Å²) in [5.74, 6) is 3.46. The van der Waals surface area contributed by atoms with Crippen molar-refractivity contribution in [2.24, 2.45) is 23.2 Å². The SMILES string of the molecule is CNC(=O)c1cc2c(cc1C)C1CCC3(C)C(C)CCC3C1CC2. The van der Waals surface area contributed by atoms with Crippen LogP contribution < -0.4 is 5.32 Å². The number of amides is 1. The quantitative estimate of drug-likeness (QED) is 0.786. The van der Waals surface area contributed by atoms with E-state index in [-0.39, 0.29) is 5.91 Å². The van der Waals surface area contributed by atoms with Crippen LogP contribution in [0.25, 0.3) is 0 Å². The Balaban J connectivity index is 1.70. The van der Waals surface area contributed by atoms with Crippen LogP contribution in [0.3, 0.4) is 0 Å². The summed E-state index contributed by atoms with van der Waals surface area (Å²) in [4.78, 5) is 12.1. The van der Waals surface area contributed by atoms with Gasteiger partial charge in [-0.1, -0.05) is 19.9 Å². The Bertz CT molecular complexity index is 679. The Morgan fingerprint density at radius 1 is 1.21 bits per heavy atom. The number of fused-ring (bicyclic) bond motifs is 5. The summed E-state index contributed by atoms with van der Waals surface area (Å²) in [6, 6.07) is 4.53. The maximum absolute atomic E-state index is 12.1. The third-order valence-corrected chi connectivity index (χ3v) is 8.02. The summed E-state index contributed by atoms with van der Waals surface area (Å²) in [7, 11) is 1.72. The molecule has 3 aliphatic rings. The number of nitrogens with one attached hydrogen (secondary N) is 1. The van der Waals surface area contributed by atoms with Gasteiger partial charge in [0.25, 0.3) is 5.91 Å². The second-order valence-electron chi connectivity index (χ2n) is 8.88. The molecule has 5 atom stereocenters. The van der Waals surface area contributed by atoms with E-state index < -0.39 is 0 Å². The number of hydrogen-bond acceptors (Lipinski definition) is 1. The van der Waals surface area contributed by atoms with Crippen LogP contribution in [0, 0.1) is 30.1 Å². The van der Waals surface area contributed by atoms with Gasteiger partial charge in [-0.05, 0) is 97.3 Å². The second kappa shape index (κ2) is 5.61. The van der Waals surface area contributed by atoms with Crippen LogP contribution in [0.4, 0.5) is 0 Å². The van der Waals surface area contributed by atoms with E-state index in [1.807, 2.05) is 0 Å². The van der Waals surface area contributed by atoms with Crippen molar-refractivity contribution < 1.29 is 4.79 Å². The van der Waals surface area contributed by atoms with Crippen LogP contribution in [0.15, 0.2) is 12.1 Å². The van der Waals surface area contributed by atoms with Crippen molar-refractivity contribution in [1.29, 1.82) is 0 Å². The number of carbonyl (C=O) groups is 1. The normalized spacial score (nSPS) is 37.3. The molecule has 0 radical (unpaired) electrons. The molecular formula is C22H31NO. The Morgan fingerprint density at radius 2 is 2.00 bits per heavy atom. The Labute approximate surface area is 146 Å². The molecule has 1 aromatic carbocycles. The average molecular weight is 325 g/mol. The highest BCUT2D eigenvalue weighted by Gasteiger charge is 2.53. The first-order valence-corrected chi connectivity index (χ1v) is 9.81. The first-order valence-electron chi connectivity index (χ1n) is 9.81. The summed E-state index contributed by atoms with van der Waals surface area (Å²) in [6.45, 7) is 7.15. The van der Waals surface area contributed by atoms with Crippen LogP contribution in [-0.2, 0) is 6.42 Å². The minimum absolute atomic E-state index is 0.0539.